The van der Waals surface area contributed by atoms with Crippen molar-refractivity contribution in [2.24, 2.45) is 0 Å². The number of carbonyl (C=O) groups excluding carboxylic acids is 2. The topological polar surface area (TPSA) is 95.5 Å². The van der Waals surface area contributed by atoms with Crippen molar-refractivity contribution in [3.63, 3.8) is 0 Å². The Bertz CT molecular complexity index is 1020. The summed E-state index contributed by atoms with van der Waals surface area (Å²) in [6.07, 6.45) is -0.222. The van der Waals surface area contributed by atoms with Gasteiger partial charge in [-0.3, -0.25) is 14.4 Å². The second kappa shape index (κ2) is 10.7. The number of amides is 2. The fraction of sp³-hybridized carbons (Fsp3) is 0.160. The van der Waals surface area contributed by atoms with Gasteiger partial charge in [-0.2, -0.15) is 0 Å². The fourth-order valence-electron chi connectivity index (χ4n) is 3.13. The lowest BCUT2D eigenvalue weighted by molar-refractivity contribution is -0.137. The van der Waals surface area contributed by atoms with Gasteiger partial charge in [-0.1, -0.05) is 72.8 Å². The maximum atomic E-state index is 12.7. The molecule has 31 heavy (non-hydrogen) atoms. The zero-order valence-electron chi connectivity index (χ0n) is 17.0. The normalized spacial score (nSPS) is 11.4. The number of carboxylic acid groups (broad SMARTS) is 1. The van der Waals surface area contributed by atoms with Crippen LogP contribution in [0.15, 0.2) is 84.9 Å². The summed E-state index contributed by atoms with van der Waals surface area (Å²) in [4.78, 5) is 36.3. The SMILES string of the molecule is O=C(O)CC[C@H](NC(=O)c1ccc(-c2ccccc2)cc1)C(=O)NCc1ccccc1. The molecule has 0 aliphatic carbocycles. The number of aliphatic carboxylic acids is 1. The molecule has 0 aliphatic rings. The summed E-state index contributed by atoms with van der Waals surface area (Å²) in [5, 5.41) is 14.4. The molecule has 0 radical (unpaired) electrons. The standard InChI is InChI=1S/C25H24N2O4/c28-23(29)16-15-22(25(31)26-17-18-7-3-1-4-8-18)27-24(30)21-13-11-20(12-14-21)19-9-5-2-6-10-19/h1-14,22H,15-17H2,(H,26,31)(H,27,30)(H,28,29)/t22-/m0/s1. The molecule has 0 spiro atoms. The third-order valence-corrected chi connectivity index (χ3v) is 4.83. The van der Waals surface area contributed by atoms with Crippen LogP contribution >= 0.6 is 0 Å². The van der Waals surface area contributed by atoms with Gasteiger partial charge < -0.3 is 15.7 Å². The number of hydrogen-bond acceptors (Lipinski definition) is 3. The van der Waals surface area contributed by atoms with Gasteiger partial charge in [0.15, 0.2) is 0 Å². The minimum absolute atomic E-state index is 0.00377. The first-order chi connectivity index (χ1) is 15.0. The predicted molar refractivity (Wildman–Crippen MR) is 118 cm³/mol. The predicted octanol–water partition coefficient (Wildman–Crippen LogP) is 3.63. The summed E-state index contributed by atoms with van der Waals surface area (Å²) in [6, 6.07) is 25.2. The highest BCUT2D eigenvalue weighted by Crippen LogP contribution is 2.19. The van der Waals surface area contributed by atoms with Crippen LogP contribution in [0.5, 0.6) is 0 Å². The molecular weight excluding hydrogens is 392 g/mol. The van der Waals surface area contributed by atoms with Gasteiger partial charge in [-0.05, 0) is 35.2 Å². The minimum Gasteiger partial charge on any atom is -0.481 e. The van der Waals surface area contributed by atoms with Crippen molar-refractivity contribution in [2.75, 3.05) is 0 Å². The van der Waals surface area contributed by atoms with Crippen LogP contribution in [-0.2, 0) is 16.1 Å². The van der Waals surface area contributed by atoms with Gasteiger partial charge >= 0.3 is 5.97 Å². The Hall–Kier alpha value is -3.93. The van der Waals surface area contributed by atoms with Crippen molar-refractivity contribution in [3.05, 3.63) is 96.1 Å². The summed E-state index contributed by atoms with van der Waals surface area (Å²) >= 11 is 0. The van der Waals surface area contributed by atoms with E-state index < -0.39 is 23.8 Å². The summed E-state index contributed by atoms with van der Waals surface area (Å²) in [7, 11) is 0. The van der Waals surface area contributed by atoms with Gasteiger partial charge in [0, 0.05) is 18.5 Å². The number of carboxylic acids is 1. The lowest BCUT2D eigenvalue weighted by atomic mass is 10.0. The van der Waals surface area contributed by atoms with E-state index in [9.17, 15) is 14.4 Å². The highest BCUT2D eigenvalue weighted by molar-refractivity contribution is 5.98. The number of benzene rings is 3. The zero-order valence-corrected chi connectivity index (χ0v) is 17.0. The molecule has 1 atom stereocenters. The number of carbonyl (C=O) groups is 3. The average Bonchev–Trinajstić information content (AvgIpc) is 2.81. The highest BCUT2D eigenvalue weighted by atomic mass is 16.4. The Balaban J connectivity index is 1.65. The van der Waals surface area contributed by atoms with E-state index in [0.717, 1.165) is 16.7 Å². The summed E-state index contributed by atoms with van der Waals surface area (Å²) in [5.41, 5.74) is 3.32. The quantitative estimate of drug-likeness (QED) is 0.496. The second-order valence-electron chi connectivity index (χ2n) is 7.11. The first kappa shape index (κ1) is 21.8. The maximum absolute atomic E-state index is 12.7. The minimum atomic E-state index is -1.03. The molecule has 3 aromatic carbocycles. The fourth-order valence-corrected chi connectivity index (χ4v) is 3.13. The molecule has 0 bridgehead atoms. The van der Waals surface area contributed by atoms with Gasteiger partial charge in [0.1, 0.15) is 6.04 Å². The first-order valence-corrected chi connectivity index (χ1v) is 10.0. The van der Waals surface area contributed by atoms with E-state index >= 15 is 0 Å². The first-order valence-electron chi connectivity index (χ1n) is 10.0. The molecule has 0 saturated heterocycles. The molecule has 6 nitrogen and oxygen atoms in total. The van der Waals surface area contributed by atoms with E-state index in [2.05, 4.69) is 10.6 Å². The van der Waals surface area contributed by atoms with Gasteiger partial charge in [-0.25, -0.2) is 0 Å². The Labute approximate surface area is 180 Å². The van der Waals surface area contributed by atoms with Crippen LogP contribution in [0.2, 0.25) is 0 Å². The van der Waals surface area contributed by atoms with Crippen molar-refractivity contribution < 1.29 is 19.5 Å². The van der Waals surface area contributed by atoms with Gasteiger partial charge in [-0.15, -0.1) is 0 Å². The molecule has 0 aliphatic heterocycles. The second-order valence-corrected chi connectivity index (χ2v) is 7.11. The zero-order chi connectivity index (χ0) is 22.1. The lowest BCUT2D eigenvalue weighted by Gasteiger charge is -2.18. The molecule has 2 amide bonds. The maximum Gasteiger partial charge on any atom is 0.303 e. The number of hydrogen-bond donors (Lipinski definition) is 3. The third-order valence-electron chi connectivity index (χ3n) is 4.83. The molecule has 0 saturated carbocycles. The molecule has 0 aromatic heterocycles. The van der Waals surface area contributed by atoms with Crippen molar-refractivity contribution in [2.45, 2.75) is 25.4 Å². The van der Waals surface area contributed by atoms with Crippen molar-refractivity contribution in [1.82, 2.24) is 10.6 Å². The van der Waals surface area contributed by atoms with E-state index in [1.165, 1.54) is 0 Å². The Morgan fingerprint density at radius 3 is 1.97 bits per heavy atom. The highest BCUT2D eigenvalue weighted by Gasteiger charge is 2.22. The summed E-state index contributed by atoms with van der Waals surface area (Å²) < 4.78 is 0. The Kier molecular flexibility index (Phi) is 7.54. The molecule has 3 rings (SSSR count). The number of nitrogens with one attached hydrogen (secondary N) is 2. The van der Waals surface area contributed by atoms with Crippen LogP contribution in [0.4, 0.5) is 0 Å². The van der Waals surface area contributed by atoms with E-state index in [4.69, 9.17) is 5.11 Å². The van der Waals surface area contributed by atoms with E-state index in [1.54, 1.807) is 12.1 Å². The van der Waals surface area contributed by atoms with Crippen LogP contribution in [0, 0.1) is 0 Å². The summed E-state index contributed by atoms with van der Waals surface area (Å²) in [5.74, 6) is -1.87. The van der Waals surface area contributed by atoms with E-state index in [1.807, 2.05) is 72.8 Å². The smallest absolute Gasteiger partial charge is 0.303 e. The van der Waals surface area contributed by atoms with Crippen molar-refractivity contribution in [1.29, 1.82) is 0 Å². The Morgan fingerprint density at radius 1 is 0.774 bits per heavy atom. The van der Waals surface area contributed by atoms with E-state index in [-0.39, 0.29) is 12.8 Å². The largest absolute Gasteiger partial charge is 0.481 e. The lowest BCUT2D eigenvalue weighted by Crippen LogP contribution is -2.46. The molecule has 0 heterocycles. The monoisotopic (exact) mass is 416 g/mol. The van der Waals surface area contributed by atoms with Gasteiger partial charge in [0.05, 0.1) is 0 Å². The molecular formula is C25H24N2O4. The molecule has 158 valence electrons. The molecule has 6 heteroatoms. The Morgan fingerprint density at radius 2 is 1.35 bits per heavy atom. The van der Waals surface area contributed by atoms with Crippen LogP contribution in [0.1, 0.15) is 28.8 Å². The van der Waals surface area contributed by atoms with Crippen LogP contribution in [0.25, 0.3) is 11.1 Å². The van der Waals surface area contributed by atoms with Crippen molar-refractivity contribution in [3.8, 4) is 11.1 Å². The molecule has 0 fully saturated rings. The van der Waals surface area contributed by atoms with Crippen LogP contribution in [0.3, 0.4) is 0 Å². The molecule has 3 aromatic rings. The molecule has 3 N–H and O–H groups in total. The van der Waals surface area contributed by atoms with Crippen LogP contribution < -0.4 is 10.6 Å². The average molecular weight is 416 g/mol. The summed E-state index contributed by atoms with van der Waals surface area (Å²) in [6.45, 7) is 0.297. The molecule has 0 unspecified atom stereocenters. The van der Waals surface area contributed by atoms with Crippen LogP contribution in [-0.4, -0.2) is 28.9 Å². The third kappa shape index (κ3) is 6.54. The van der Waals surface area contributed by atoms with Gasteiger partial charge in [0.25, 0.3) is 5.91 Å². The van der Waals surface area contributed by atoms with E-state index in [0.29, 0.717) is 12.1 Å². The number of rotatable bonds is 9. The van der Waals surface area contributed by atoms with Crippen molar-refractivity contribution >= 4 is 17.8 Å². The van der Waals surface area contributed by atoms with Gasteiger partial charge in [0.2, 0.25) is 5.91 Å².